The predicted octanol–water partition coefficient (Wildman–Crippen LogP) is 3.11. The van der Waals surface area contributed by atoms with Gasteiger partial charge in [-0.05, 0) is 11.1 Å². The highest BCUT2D eigenvalue weighted by molar-refractivity contribution is 5.29. The molecule has 0 unspecified atom stereocenters. The quantitative estimate of drug-likeness (QED) is 0.592. The van der Waals surface area contributed by atoms with Crippen LogP contribution in [-0.4, -0.2) is 19.8 Å². The van der Waals surface area contributed by atoms with Gasteiger partial charge in [0.25, 0.3) is 0 Å². The molecule has 0 saturated carbocycles. The fraction of sp³-hybridized carbons (Fsp3) is 0.250. The van der Waals surface area contributed by atoms with Crippen molar-refractivity contribution >= 4 is 0 Å². The number of ether oxygens (including phenoxy) is 1. The van der Waals surface area contributed by atoms with Gasteiger partial charge in [0.1, 0.15) is 12.8 Å². The molecule has 0 radical (unpaired) electrons. The van der Waals surface area contributed by atoms with Crippen LogP contribution in [0.1, 0.15) is 17.2 Å². The molecule has 2 rings (SSSR count). The van der Waals surface area contributed by atoms with Gasteiger partial charge in [-0.2, -0.15) is 0 Å². The summed E-state index contributed by atoms with van der Waals surface area (Å²) < 4.78 is 5.95. The molecule has 0 spiro atoms. The number of rotatable bonds is 8. The Hall–Kier alpha value is -2.04. The second kappa shape index (κ2) is 8.19. The Morgan fingerprint density at radius 2 is 1.50 bits per heavy atom. The van der Waals surface area contributed by atoms with Crippen molar-refractivity contribution in [2.75, 3.05) is 19.8 Å². The molecule has 0 aliphatic heterocycles. The van der Waals surface area contributed by atoms with Crippen molar-refractivity contribution in [1.82, 2.24) is 5.32 Å². The molecule has 0 amide bonds. The number of nitrogens with one attached hydrogen (secondary N) is 1. The Morgan fingerprint density at radius 1 is 0.950 bits per heavy atom. The zero-order chi connectivity index (χ0) is 14.0. The van der Waals surface area contributed by atoms with E-state index in [1.54, 1.807) is 0 Å². The minimum Gasteiger partial charge on any atom is -0.367 e. The molecular weight excluding hydrogens is 252 g/mol. The van der Waals surface area contributed by atoms with E-state index in [2.05, 4.69) is 34.8 Å². The predicted molar refractivity (Wildman–Crippen MR) is 79.3 cm³/mol. The van der Waals surface area contributed by atoms with Gasteiger partial charge < -0.3 is 4.74 Å². The maximum absolute atomic E-state index is 9.99. The highest BCUT2D eigenvalue weighted by Crippen LogP contribution is 2.25. The van der Waals surface area contributed by atoms with Gasteiger partial charge >= 0.3 is 0 Å². The molecule has 104 valence electrons. The van der Waals surface area contributed by atoms with Crippen LogP contribution >= 0.6 is 0 Å². The van der Waals surface area contributed by atoms with Crippen LogP contribution < -0.4 is 5.32 Å². The van der Waals surface area contributed by atoms with Gasteiger partial charge in [-0.1, -0.05) is 65.8 Å². The molecule has 2 aromatic carbocycles. The van der Waals surface area contributed by atoms with Crippen LogP contribution in [0, 0.1) is 4.91 Å². The van der Waals surface area contributed by atoms with E-state index in [1.165, 1.54) is 0 Å². The van der Waals surface area contributed by atoms with Crippen LogP contribution in [0.25, 0.3) is 0 Å². The smallest absolute Gasteiger partial charge is 0.131 e. The van der Waals surface area contributed by atoms with E-state index in [4.69, 9.17) is 4.74 Å². The normalized spacial score (nSPS) is 10.7. The van der Waals surface area contributed by atoms with E-state index in [0.717, 1.165) is 11.1 Å². The fourth-order valence-corrected chi connectivity index (χ4v) is 2.01. The molecule has 1 N–H and O–H groups in total. The molecule has 0 heterocycles. The average molecular weight is 270 g/mol. The third-order valence-electron chi connectivity index (χ3n) is 2.94. The first-order chi connectivity index (χ1) is 9.92. The van der Waals surface area contributed by atoms with Gasteiger partial charge in [0, 0.05) is 6.54 Å². The van der Waals surface area contributed by atoms with Crippen molar-refractivity contribution in [2.45, 2.75) is 6.10 Å². The molecule has 0 fully saturated rings. The fourth-order valence-electron chi connectivity index (χ4n) is 2.01. The summed E-state index contributed by atoms with van der Waals surface area (Å²) in [6.45, 7) is 1.23. The van der Waals surface area contributed by atoms with Crippen molar-refractivity contribution in [3.8, 4) is 0 Å². The number of hydrogen-bond acceptors (Lipinski definition) is 4. The second-order valence-corrected chi connectivity index (χ2v) is 4.36. The third-order valence-corrected chi connectivity index (χ3v) is 2.94. The molecule has 0 atom stereocenters. The summed E-state index contributed by atoms with van der Waals surface area (Å²) in [6, 6.07) is 20.2. The SMILES string of the molecule is O=NCNCCOC(c1ccccc1)c1ccccc1. The van der Waals surface area contributed by atoms with E-state index in [1.807, 2.05) is 36.4 Å². The van der Waals surface area contributed by atoms with Crippen LogP contribution in [0.3, 0.4) is 0 Å². The lowest BCUT2D eigenvalue weighted by atomic mass is 10.0. The van der Waals surface area contributed by atoms with Crippen molar-refractivity contribution in [3.05, 3.63) is 76.7 Å². The molecule has 0 saturated heterocycles. The summed E-state index contributed by atoms with van der Waals surface area (Å²) in [5.74, 6) is 0. The van der Waals surface area contributed by atoms with Crippen LogP contribution in [0.5, 0.6) is 0 Å². The topological polar surface area (TPSA) is 50.7 Å². The Balaban J connectivity index is 2.03. The summed E-state index contributed by atoms with van der Waals surface area (Å²) in [5.41, 5.74) is 2.24. The molecular formula is C16H18N2O2. The molecule has 0 bridgehead atoms. The first-order valence-electron chi connectivity index (χ1n) is 6.63. The third kappa shape index (κ3) is 4.26. The Kier molecular flexibility index (Phi) is 5.89. The molecule has 2 aromatic rings. The lowest BCUT2D eigenvalue weighted by molar-refractivity contribution is 0.0823. The van der Waals surface area contributed by atoms with E-state index in [0.29, 0.717) is 13.2 Å². The lowest BCUT2D eigenvalue weighted by Crippen LogP contribution is -2.21. The molecule has 0 aliphatic carbocycles. The Morgan fingerprint density at radius 3 is 2.00 bits per heavy atom. The highest BCUT2D eigenvalue weighted by Gasteiger charge is 2.13. The van der Waals surface area contributed by atoms with Gasteiger partial charge in [-0.3, -0.25) is 5.32 Å². The molecule has 0 aromatic heterocycles. The largest absolute Gasteiger partial charge is 0.367 e. The monoisotopic (exact) mass is 270 g/mol. The highest BCUT2D eigenvalue weighted by atomic mass is 16.5. The van der Waals surface area contributed by atoms with Crippen LogP contribution in [-0.2, 0) is 4.74 Å². The summed E-state index contributed by atoms with van der Waals surface area (Å²) in [4.78, 5) is 9.99. The van der Waals surface area contributed by atoms with Gasteiger partial charge in [0.2, 0.25) is 0 Å². The maximum Gasteiger partial charge on any atom is 0.131 e. The van der Waals surface area contributed by atoms with Crippen molar-refractivity contribution in [1.29, 1.82) is 0 Å². The summed E-state index contributed by atoms with van der Waals surface area (Å²) in [6.07, 6.45) is -0.0941. The zero-order valence-corrected chi connectivity index (χ0v) is 11.2. The van der Waals surface area contributed by atoms with Gasteiger partial charge in [0.05, 0.1) is 6.61 Å². The minimum absolute atomic E-state index is 0.0941. The molecule has 20 heavy (non-hydrogen) atoms. The van der Waals surface area contributed by atoms with E-state index in [-0.39, 0.29) is 12.8 Å². The van der Waals surface area contributed by atoms with Gasteiger partial charge in [0.15, 0.2) is 0 Å². The Labute approximate surface area is 118 Å². The van der Waals surface area contributed by atoms with Crippen molar-refractivity contribution in [2.24, 2.45) is 5.18 Å². The average Bonchev–Trinajstić information content (AvgIpc) is 2.53. The Bertz CT molecular complexity index is 463. The number of nitrogens with zero attached hydrogens (tertiary/aromatic N) is 1. The lowest BCUT2D eigenvalue weighted by Gasteiger charge is -2.19. The van der Waals surface area contributed by atoms with Crippen LogP contribution in [0.2, 0.25) is 0 Å². The van der Waals surface area contributed by atoms with E-state index < -0.39 is 0 Å². The standard InChI is InChI=1S/C16H18N2O2/c19-18-13-17-11-12-20-16(14-7-3-1-4-8-14)15-9-5-2-6-10-15/h1-10,16-17H,11-13H2. The summed E-state index contributed by atoms with van der Waals surface area (Å²) in [5, 5.41) is 5.64. The maximum atomic E-state index is 9.99. The van der Waals surface area contributed by atoms with Crippen LogP contribution in [0.15, 0.2) is 65.8 Å². The van der Waals surface area contributed by atoms with E-state index in [9.17, 15) is 4.91 Å². The zero-order valence-electron chi connectivity index (χ0n) is 11.2. The van der Waals surface area contributed by atoms with Gasteiger partial charge in [-0.25, -0.2) is 0 Å². The first-order valence-corrected chi connectivity index (χ1v) is 6.63. The summed E-state index contributed by atoms with van der Waals surface area (Å²) >= 11 is 0. The van der Waals surface area contributed by atoms with E-state index >= 15 is 0 Å². The summed E-state index contributed by atoms with van der Waals surface area (Å²) in [7, 11) is 0. The second-order valence-electron chi connectivity index (χ2n) is 4.36. The minimum atomic E-state index is -0.0941. The van der Waals surface area contributed by atoms with Gasteiger partial charge in [-0.15, -0.1) is 4.91 Å². The van der Waals surface area contributed by atoms with Crippen LogP contribution in [0.4, 0.5) is 0 Å². The van der Waals surface area contributed by atoms with Crippen molar-refractivity contribution in [3.63, 3.8) is 0 Å². The van der Waals surface area contributed by atoms with Crippen molar-refractivity contribution < 1.29 is 4.74 Å². The number of hydrogen-bond donors (Lipinski definition) is 1. The number of benzene rings is 2. The molecule has 0 aliphatic rings. The first kappa shape index (κ1) is 14.4. The molecule has 4 heteroatoms. The molecule has 4 nitrogen and oxygen atoms in total. The number of nitroso groups, excluding NO2 is 1.